The number of aliphatic hydroxyl groups is 1. The number of nitriles is 1. The summed E-state index contributed by atoms with van der Waals surface area (Å²) in [4.78, 5) is 23.7. The number of pyridine rings is 1. The van der Waals surface area contributed by atoms with Gasteiger partial charge in [-0.25, -0.2) is 18.3 Å². The average molecular weight is 596 g/mol. The minimum atomic E-state index is -2.75. The molecular formula is C29H30F2N8O2S. The van der Waals surface area contributed by atoms with Crippen LogP contribution in [0.2, 0.25) is 0 Å². The number of carbonyl (C=O) groups is 1. The second-order valence-corrected chi connectivity index (χ2v) is 11.3. The molecule has 0 bridgehead atoms. The molecule has 3 aromatic heterocycles. The molecule has 42 heavy (non-hydrogen) atoms. The van der Waals surface area contributed by atoms with Gasteiger partial charge < -0.3 is 19.8 Å². The number of rotatable bonds is 7. The van der Waals surface area contributed by atoms with Gasteiger partial charge in [-0.3, -0.25) is 9.69 Å². The van der Waals surface area contributed by atoms with E-state index in [-0.39, 0.29) is 39.5 Å². The van der Waals surface area contributed by atoms with Crippen molar-refractivity contribution >= 4 is 39.3 Å². The largest absolute Gasteiger partial charge is 0.389 e. The normalized spacial score (nSPS) is 17.5. The monoisotopic (exact) mass is 595 g/mol. The quantitative estimate of drug-likeness (QED) is 0.347. The van der Waals surface area contributed by atoms with Crippen LogP contribution in [0.3, 0.4) is 0 Å². The smallest absolute Gasteiger partial charge is 0.236 e. The Morgan fingerprint density at radius 1 is 1.24 bits per heavy atom. The maximum atomic E-state index is 15.5. The van der Waals surface area contributed by atoms with Crippen molar-refractivity contribution in [3.05, 3.63) is 58.7 Å². The number of nitrogens with zero attached hydrogens (tertiary/aromatic N) is 8. The van der Waals surface area contributed by atoms with E-state index >= 15 is 4.39 Å². The Morgan fingerprint density at radius 3 is 2.62 bits per heavy atom. The molecule has 6 rings (SSSR count). The van der Waals surface area contributed by atoms with Crippen LogP contribution in [0.15, 0.2) is 36.5 Å². The number of thiazole rings is 1. The van der Waals surface area contributed by atoms with E-state index in [2.05, 4.69) is 16.2 Å². The molecule has 10 nitrogen and oxygen atoms in total. The van der Waals surface area contributed by atoms with E-state index in [4.69, 9.17) is 4.11 Å². The summed E-state index contributed by atoms with van der Waals surface area (Å²) in [7, 11) is 0. The number of aryl methyl sites for hydroxylation is 1. The van der Waals surface area contributed by atoms with Crippen LogP contribution in [0.4, 0.5) is 25.3 Å². The first-order chi connectivity index (χ1) is 21.5. The number of benzene rings is 1. The summed E-state index contributed by atoms with van der Waals surface area (Å²) in [5, 5.41) is 23.9. The maximum absolute atomic E-state index is 15.5. The molecule has 0 unspecified atom stereocenters. The number of hydrogen-bond donors (Lipinski definition) is 1. The van der Waals surface area contributed by atoms with Crippen molar-refractivity contribution in [3.63, 3.8) is 0 Å². The Kier molecular flexibility index (Phi) is 6.57. The lowest BCUT2D eigenvalue weighted by atomic mass is 10.1. The number of fused-ring (bicyclic) bond motifs is 1. The second-order valence-electron chi connectivity index (χ2n) is 10.3. The van der Waals surface area contributed by atoms with Gasteiger partial charge in [0.05, 0.1) is 41.4 Å². The van der Waals surface area contributed by atoms with Crippen molar-refractivity contribution in [3.8, 4) is 17.3 Å². The zero-order valence-corrected chi connectivity index (χ0v) is 23.6. The number of β-amino-alcohol motifs (C(OH)–C–C–N with tert-alkyl or cyclic N) is 1. The fourth-order valence-corrected chi connectivity index (χ4v) is 6.10. The molecule has 13 heteroatoms. The molecule has 4 aromatic rings. The van der Waals surface area contributed by atoms with Crippen LogP contribution in [-0.2, 0) is 11.2 Å². The first-order valence-corrected chi connectivity index (χ1v) is 14.4. The van der Waals surface area contributed by atoms with E-state index < -0.39 is 24.7 Å². The summed E-state index contributed by atoms with van der Waals surface area (Å²) >= 11 is 0.896. The summed E-state index contributed by atoms with van der Waals surface area (Å²) in [6.07, 6.45) is 1.10. The number of likely N-dealkylation sites (tertiary alicyclic amines) is 1. The number of aromatic nitrogens is 3. The molecular weight excluding hydrogens is 562 g/mol. The van der Waals surface area contributed by atoms with E-state index in [1.807, 2.05) is 16.7 Å². The van der Waals surface area contributed by atoms with Gasteiger partial charge in [0.15, 0.2) is 10.9 Å². The average Bonchev–Trinajstić information content (AvgIpc) is 3.56. The van der Waals surface area contributed by atoms with Gasteiger partial charge in [0.2, 0.25) is 5.91 Å². The number of piperazine rings is 1. The van der Waals surface area contributed by atoms with Crippen LogP contribution in [-0.4, -0.2) is 94.3 Å². The first kappa shape index (κ1) is 24.5. The highest BCUT2D eigenvalue weighted by atomic mass is 32.1. The van der Waals surface area contributed by atoms with Crippen LogP contribution in [0.25, 0.3) is 16.8 Å². The number of halogens is 2. The lowest BCUT2D eigenvalue weighted by Gasteiger charge is -2.39. The Balaban J connectivity index is 1.34. The maximum Gasteiger partial charge on any atom is 0.236 e. The van der Waals surface area contributed by atoms with E-state index in [9.17, 15) is 19.6 Å². The van der Waals surface area contributed by atoms with Crippen LogP contribution in [0.5, 0.6) is 0 Å². The van der Waals surface area contributed by atoms with Crippen molar-refractivity contribution in [2.24, 2.45) is 0 Å². The third kappa shape index (κ3) is 5.17. The summed E-state index contributed by atoms with van der Waals surface area (Å²) in [6, 6.07) is 9.08. The number of hydrogen-bond acceptors (Lipinski definition) is 9. The van der Waals surface area contributed by atoms with Gasteiger partial charge in [-0.2, -0.15) is 10.4 Å². The molecule has 2 aliphatic heterocycles. The van der Waals surface area contributed by atoms with Gasteiger partial charge in [0.25, 0.3) is 0 Å². The van der Waals surface area contributed by atoms with Gasteiger partial charge >= 0.3 is 0 Å². The zero-order chi connectivity index (χ0) is 32.0. The molecule has 1 amide bonds. The van der Waals surface area contributed by atoms with Crippen molar-refractivity contribution < 1.29 is 22.8 Å². The molecule has 0 aliphatic carbocycles. The summed E-state index contributed by atoms with van der Waals surface area (Å²) in [5.74, 6) is -1.04. The van der Waals surface area contributed by atoms with Crippen molar-refractivity contribution in [1.82, 2.24) is 24.4 Å². The van der Waals surface area contributed by atoms with Crippen LogP contribution in [0.1, 0.15) is 21.6 Å². The Hall–Kier alpha value is -4.12. The van der Waals surface area contributed by atoms with Gasteiger partial charge in [-0.1, -0.05) is 18.3 Å². The van der Waals surface area contributed by atoms with Crippen molar-refractivity contribution in [2.45, 2.75) is 19.4 Å². The number of carbonyl (C=O) groups excluding carboxylic acids is 1. The summed E-state index contributed by atoms with van der Waals surface area (Å²) in [5.41, 5.74) is 1.95. The molecule has 2 saturated heterocycles. The van der Waals surface area contributed by atoms with Gasteiger partial charge in [-0.05, 0) is 36.8 Å². The van der Waals surface area contributed by atoms with E-state index in [1.54, 1.807) is 11.0 Å². The molecule has 1 N–H and O–H groups in total. The highest BCUT2D eigenvalue weighted by molar-refractivity contribution is 7.16. The molecule has 5 heterocycles. The lowest BCUT2D eigenvalue weighted by molar-refractivity contribution is -0.142. The standard InChI is InChI=1S/C29H30F2N8O2S/c1-3-22-28(35(2)29-33-27(25(13-32)42-29)18-4-6-19(30)7-5-18)24-12-23(21(31)16-39(24)34-22)37-10-8-36(9-11-37)17-26(41)38-14-20(40)15-38/h4-7,12,16,20,40H,3,8-11,14-15,17H2,1-2H3/i2D3. The highest BCUT2D eigenvalue weighted by Crippen LogP contribution is 2.39. The summed E-state index contributed by atoms with van der Waals surface area (Å²) < 4.78 is 55.8. The molecule has 218 valence electrons. The summed E-state index contributed by atoms with van der Waals surface area (Å²) in [6.45, 7) is 1.88. The Morgan fingerprint density at radius 2 is 1.98 bits per heavy atom. The number of aliphatic hydroxyl groups excluding tert-OH is 1. The lowest BCUT2D eigenvalue weighted by Crippen LogP contribution is -2.57. The zero-order valence-electron chi connectivity index (χ0n) is 25.8. The minimum absolute atomic E-state index is 0.0225. The van der Waals surface area contributed by atoms with E-state index in [1.165, 1.54) is 35.0 Å². The predicted octanol–water partition coefficient (Wildman–Crippen LogP) is 3.26. The van der Waals surface area contributed by atoms with E-state index in [0.29, 0.717) is 62.5 Å². The van der Waals surface area contributed by atoms with Crippen molar-refractivity contribution in [2.75, 3.05) is 62.6 Å². The fourth-order valence-electron chi connectivity index (χ4n) is 5.29. The first-order valence-electron chi connectivity index (χ1n) is 15.1. The predicted molar refractivity (Wildman–Crippen MR) is 156 cm³/mol. The molecule has 0 atom stereocenters. The Labute approximate surface area is 249 Å². The van der Waals surface area contributed by atoms with Crippen molar-refractivity contribution in [1.29, 1.82) is 5.26 Å². The van der Waals surface area contributed by atoms with Gasteiger partial charge in [0.1, 0.15) is 22.5 Å². The molecule has 0 saturated carbocycles. The fraction of sp³-hybridized carbons (Fsp3) is 0.379. The Bertz CT molecular complexity index is 1780. The molecule has 2 fully saturated rings. The molecule has 2 aliphatic rings. The minimum Gasteiger partial charge on any atom is -0.389 e. The van der Waals surface area contributed by atoms with Crippen LogP contribution >= 0.6 is 11.3 Å². The SMILES string of the molecule is [2H]C([2H])([2H])N(c1nc(-c2ccc(F)cc2)c(C#N)s1)c1c(CC)nn2cc(F)c(N3CCN(CC(=O)N4CC(O)C4)CC3)cc12. The molecule has 1 aromatic carbocycles. The third-order valence-electron chi connectivity index (χ3n) is 7.62. The van der Waals surface area contributed by atoms with Gasteiger partial charge in [-0.15, -0.1) is 0 Å². The van der Waals surface area contributed by atoms with Gasteiger partial charge in [0, 0.05) is 55.9 Å². The topological polar surface area (TPSA) is 104 Å². The second kappa shape index (κ2) is 11.3. The number of amides is 1. The number of anilines is 3. The third-order valence-corrected chi connectivity index (χ3v) is 8.56. The molecule has 0 radical (unpaired) electrons. The highest BCUT2D eigenvalue weighted by Gasteiger charge is 2.31. The van der Waals surface area contributed by atoms with E-state index in [0.717, 1.165) is 16.2 Å². The van der Waals surface area contributed by atoms with Crippen LogP contribution in [0, 0.1) is 23.0 Å². The molecule has 0 spiro atoms. The van der Waals surface area contributed by atoms with Crippen LogP contribution < -0.4 is 9.80 Å².